The molecule has 0 atom stereocenters. The van der Waals surface area contributed by atoms with E-state index in [1.807, 2.05) is 27.7 Å². The van der Waals surface area contributed by atoms with Crippen LogP contribution in [0.1, 0.15) is 33.3 Å². The smallest absolute Gasteiger partial charge is 0.376 e. The molecule has 2 aromatic carbocycles. The van der Waals surface area contributed by atoms with Gasteiger partial charge in [-0.25, -0.2) is 0 Å². The number of hydrogen-bond acceptors (Lipinski definition) is 3. The molecule has 0 fully saturated rings. The Balaban J connectivity index is 0.00000146. The van der Waals surface area contributed by atoms with E-state index in [0.717, 1.165) is 23.9 Å². The first-order chi connectivity index (χ1) is 12.3. The topological polar surface area (TPSA) is 12.0 Å². The summed E-state index contributed by atoms with van der Waals surface area (Å²) < 4.78 is 38.2. The molecule has 1 N–H and O–H groups in total. The fraction of sp³-hybridized carbons (Fsp3) is 0.333. The lowest BCUT2D eigenvalue weighted by Crippen LogP contribution is -2.04. The van der Waals surface area contributed by atoms with Crippen LogP contribution in [0.4, 0.5) is 18.9 Å². The first-order valence-electron chi connectivity index (χ1n) is 8.00. The van der Waals surface area contributed by atoms with Gasteiger partial charge in [-0.2, -0.15) is 25.8 Å². The highest BCUT2D eigenvalue weighted by atomic mass is 35.5. The molecule has 0 radical (unpaired) electrons. The minimum Gasteiger partial charge on any atom is -0.376 e. The minimum atomic E-state index is -4.38. The molecular weight excluding hydrogens is 422 g/mol. The molecule has 1 nitrogen and oxygen atoms in total. The van der Waals surface area contributed by atoms with Crippen molar-refractivity contribution in [3.63, 3.8) is 0 Å². The zero-order chi connectivity index (χ0) is 20.3. The highest BCUT2D eigenvalue weighted by molar-refractivity contribution is 7.99. The van der Waals surface area contributed by atoms with Crippen molar-refractivity contribution in [2.75, 3.05) is 11.2 Å². The number of alkyl halides is 3. The van der Waals surface area contributed by atoms with Crippen LogP contribution in [0.25, 0.3) is 0 Å². The zero-order valence-electron chi connectivity index (χ0n) is 14.9. The lowest BCUT2D eigenvalue weighted by atomic mass is 10.2. The van der Waals surface area contributed by atoms with Gasteiger partial charge in [0.1, 0.15) is 0 Å². The molecule has 0 saturated carbocycles. The van der Waals surface area contributed by atoms with Gasteiger partial charge in [0, 0.05) is 15.5 Å². The maximum absolute atomic E-state index is 12.7. The number of halogens is 5. The van der Waals surface area contributed by atoms with Crippen molar-refractivity contribution in [1.29, 1.82) is 0 Å². The molecule has 0 amide bonds. The monoisotopic (exact) mass is 443 g/mol. The van der Waals surface area contributed by atoms with Gasteiger partial charge in [-0.1, -0.05) is 68.7 Å². The van der Waals surface area contributed by atoms with Crippen LogP contribution in [0.3, 0.4) is 0 Å². The van der Waals surface area contributed by atoms with Gasteiger partial charge in [0.15, 0.2) is 0 Å². The first kappa shape index (κ1) is 25.3. The van der Waals surface area contributed by atoms with Gasteiger partial charge in [-0.3, -0.25) is 0 Å². The summed E-state index contributed by atoms with van der Waals surface area (Å²) in [6.45, 7) is 8.00. The summed E-state index contributed by atoms with van der Waals surface area (Å²) in [4.78, 5) is 0.918. The van der Waals surface area contributed by atoms with Crippen molar-refractivity contribution in [1.82, 2.24) is 0 Å². The Morgan fingerprint density at radius 3 is 2.00 bits per heavy atom. The van der Waals surface area contributed by atoms with Crippen LogP contribution in [0.2, 0.25) is 10.0 Å². The molecule has 146 valence electrons. The maximum atomic E-state index is 12.7. The molecule has 0 spiro atoms. The quantitative estimate of drug-likeness (QED) is 0.362. The Kier molecular flexibility index (Phi) is 12.3. The summed E-state index contributed by atoms with van der Waals surface area (Å²) in [6.07, 6.45) is -4.38. The lowest BCUT2D eigenvalue weighted by molar-refractivity contribution is -0.137. The molecule has 26 heavy (non-hydrogen) atoms. The predicted octanol–water partition coefficient (Wildman–Crippen LogP) is 8.52. The molecule has 2 aromatic rings. The molecule has 0 aromatic heterocycles. The van der Waals surface area contributed by atoms with Crippen molar-refractivity contribution in [3.05, 3.63) is 52.0 Å². The Morgan fingerprint density at radius 2 is 1.54 bits per heavy atom. The maximum Gasteiger partial charge on any atom is 0.416 e. The Morgan fingerprint density at radius 1 is 1.00 bits per heavy atom. The van der Waals surface area contributed by atoms with Gasteiger partial charge >= 0.3 is 6.18 Å². The van der Waals surface area contributed by atoms with Gasteiger partial charge < -0.3 is 5.32 Å². The van der Waals surface area contributed by atoms with Gasteiger partial charge in [0.2, 0.25) is 0 Å². The van der Waals surface area contributed by atoms with Crippen LogP contribution in [0.15, 0.2) is 46.2 Å². The molecule has 8 heteroatoms. The van der Waals surface area contributed by atoms with Gasteiger partial charge in [-0.15, -0.1) is 0 Å². The fourth-order valence-electron chi connectivity index (χ4n) is 1.70. The van der Waals surface area contributed by atoms with E-state index in [0.29, 0.717) is 31.4 Å². The van der Waals surface area contributed by atoms with E-state index in [-0.39, 0.29) is 0 Å². The van der Waals surface area contributed by atoms with Gasteiger partial charge in [0.05, 0.1) is 21.5 Å². The molecule has 0 aliphatic rings. The Hall–Kier alpha value is -0.690. The summed E-state index contributed by atoms with van der Waals surface area (Å²) in [5, 5.41) is 3.67. The van der Waals surface area contributed by atoms with Crippen LogP contribution >= 0.6 is 47.6 Å². The third-order valence-electron chi connectivity index (χ3n) is 2.66. The summed E-state index contributed by atoms with van der Waals surface area (Å²) in [7, 11) is 0. The number of benzene rings is 2. The number of thiol groups is 1. The van der Waals surface area contributed by atoms with E-state index in [2.05, 4.69) is 17.9 Å². The summed E-state index contributed by atoms with van der Waals surface area (Å²) in [6, 6.07) is 8.32. The molecule has 0 heterocycles. The first-order valence-corrected chi connectivity index (χ1v) is 10.2. The average molecular weight is 444 g/mol. The normalized spacial score (nSPS) is 10.2. The van der Waals surface area contributed by atoms with Crippen molar-refractivity contribution >= 4 is 53.3 Å². The summed E-state index contributed by atoms with van der Waals surface area (Å²) in [5.41, 5.74) is -0.0171. The van der Waals surface area contributed by atoms with Crippen LogP contribution in [0, 0.1) is 0 Å². The molecule has 0 bridgehead atoms. The minimum absolute atomic E-state index is 0.360. The van der Waals surface area contributed by atoms with Gasteiger partial charge in [0.25, 0.3) is 0 Å². The van der Waals surface area contributed by atoms with Crippen LogP contribution < -0.4 is 5.32 Å². The standard InChI is InChI=1S/C14H10Cl2F3NS2.2C2H6/c15-11-5-9(20-7-21)6-12(16)13(11)22-10-3-1-2-8(4-10)14(17,18)19;2*1-2/h1-6,20-21H,7H2;2*1-2H3. The van der Waals surface area contributed by atoms with E-state index in [4.69, 9.17) is 23.2 Å². The Bertz CT molecular complexity index is 657. The molecule has 0 aliphatic carbocycles. The van der Waals surface area contributed by atoms with Crippen LogP contribution in [-0.4, -0.2) is 5.88 Å². The number of nitrogens with one attached hydrogen (secondary N) is 1. The van der Waals surface area contributed by atoms with E-state index >= 15 is 0 Å². The zero-order valence-corrected chi connectivity index (χ0v) is 18.1. The largest absolute Gasteiger partial charge is 0.416 e. The second-order valence-corrected chi connectivity index (χ2v) is 6.45. The predicted molar refractivity (Wildman–Crippen MR) is 112 cm³/mol. The summed E-state index contributed by atoms with van der Waals surface area (Å²) >= 11 is 17.4. The molecule has 0 unspecified atom stereocenters. The van der Waals surface area contributed by atoms with Crippen molar-refractivity contribution in [3.8, 4) is 0 Å². The lowest BCUT2D eigenvalue weighted by Gasteiger charge is -2.12. The van der Waals surface area contributed by atoms with Crippen molar-refractivity contribution in [2.45, 2.75) is 43.7 Å². The Labute approximate surface area is 173 Å². The number of rotatable bonds is 4. The second kappa shape index (κ2) is 12.7. The number of hydrogen-bond donors (Lipinski definition) is 2. The van der Waals surface area contributed by atoms with Crippen molar-refractivity contribution in [2.24, 2.45) is 0 Å². The third kappa shape index (κ3) is 7.91. The van der Waals surface area contributed by atoms with E-state index in [9.17, 15) is 13.2 Å². The summed E-state index contributed by atoms with van der Waals surface area (Å²) in [5.74, 6) is 0.409. The highest BCUT2D eigenvalue weighted by Gasteiger charge is 2.30. The highest BCUT2D eigenvalue weighted by Crippen LogP contribution is 2.41. The number of anilines is 1. The van der Waals surface area contributed by atoms with E-state index < -0.39 is 11.7 Å². The molecule has 2 rings (SSSR count). The van der Waals surface area contributed by atoms with Crippen LogP contribution in [0.5, 0.6) is 0 Å². The molecule has 0 saturated heterocycles. The average Bonchev–Trinajstić information content (AvgIpc) is 2.61. The van der Waals surface area contributed by atoms with E-state index in [1.165, 1.54) is 6.07 Å². The molecular formula is C18H22Cl2F3NS2. The van der Waals surface area contributed by atoms with Crippen molar-refractivity contribution < 1.29 is 13.2 Å². The van der Waals surface area contributed by atoms with E-state index in [1.54, 1.807) is 18.2 Å². The second-order valence-electron chi connectivity index (χ2n) is 4.23. The molecule has 0 aliphatic heterocycles. The fourth-order valence-corrected chi connectivity index (χ4v) is 3.49. The van der Waals surface area contributed by atoms with Gasteiger partial charge in [-0.05, 0) is 30.3 Å². The SMILES string of the molecule is CC.CC.FC(F)(F)c1cccc(Sc2c(Cl)cc(NCS)cc2Cl)c1. The third-order valence-corrected chi connectivity index (χ3v) is 4.77. The van der Waals surface area contributed by atoms with Crippen LogP contribution in [-0.2, 0) is 6.18 Å².